The van der Waals surface area contributed by atoms with Crippen molar-refractivity contribution < 1.29 is 4.79 Å². The minimum atomic E-state index is 0.0514. The molecule has 0 rings (SSSR count). The van der Waals surface area contributed by atoms with E-state index >= 15 is 0 Å². The molecule has 0 saturated carbocycles. The molecule has 0 aromatic rings. The Hall–Kier alpha value is -1.05. The molecule has 4 nitrogen and oxygen atoms in total. The number of carbonyl (C=O) groups is 1. The molecule has 92 valence electrons. The highest BCUT2D eigenvalue weighted by atomic mass is 16.1. The fourth-order valence-corrected chi connectivity index (χ4v) is 1.26. The smallest absolute Gasteiger partial charge is 0.221 e. The van der Waals surface area contributed by atoms with Gasteiger partial charge in [-0.3, -0.25) is 4.79 Å². The zero-order valence-electron chi connectivity index (χ0n) is 10.3. The average molecular weight is 225 g/mol. The van der Waals surface area contributed by atoms with Crippen molar-refractivity contribution in [1.82, 2.24) is 10.6 Å². The van der Waals surface area contributed by atoms with Crippen LogP contribution in [-0.4, -0.2) is 31.6 Å². The van der Waals surface area contributed by atoms with Gasteiger partial charge in [-0.25, -0.2) is 0 Å². The maximum atomic E-state index is 11.4. The summed E-state index contributed by atoms with van der Waals surface area (Å²) in [6.45, 7) is 5.83. The van der Waals surface area contributed by atoms with Gasteiger partial charge in [-0.05, 0) is 13.3 Å². The van der Waals surface area contributed by atoms with Gasteiger partial charge in [0.25, 0.3) is 0 Å². The van der Waals surface area contributed by atoms with Crippen molar-refractivity contribution in [2.24, 2.45) is 5.73 Å². The van der Waals surface area contributed by atoms with Crippen LogP contribution < -0.4 is 16.4 Å². The van der Waals surface area contributed by atoms with Gasteiger partial charge in [-0.2, -0.15) is 0 Å². The van der Waals surface area contributed by atoms with Gasteiger partial charge in [-0.15, -0.1) is 11.8 Å². The summed E-state index contributed by atoms with van der Waals surface area (Å²) in [6.07, 6.45) is 2.19. The maximum Gasteiger partial charge on any atom is 0.221 e. The number of carbonyl (C=O) groups excluding carboxylic acids is 1. The Morgan fingerprint density at radius 1 is 1.44 bits per heavy atom. The number of amides is 1. The second-order valence-corrected chi connectivity index (χ2v) is 3.62. The Morgan fingerprint density at radius 3 is 2.75 bits per heavy atom. The van der Waals surface area contributed by atoms with E-state index in [9.17, 15) is 4.79 Å². The molecule has 0 aliphatic heterocycles. The summed E-state index contributed by atoms with van der Waals surface area (Å²) in [5.41, 5.74) is 5.59. The third kappa shape index (κ3) is 8.27. The summed E-state index contributed by atoms with van der Waals surface area (Å²) in [6, 6.07) is 0.0514. The van der Waals surface area contributed by atoms with E-state index in [0.717, 1.165) is 25.9 Å². The summed E-state index contributed by atoms with van der Waals surface area (Å²) < 4.78 is 0. The lowest BCUT2D eigenvalue weighted by Crippen LogP contribution is -2.41. The van der Waals surface area contributed by atoms with Gasteiger partial charge < -0.3 is 16.4 Å². The van der Waals surface area contributed by atoms with E-state index in [1.54, 1.807) is 0 Å². The van der Waals surface area contributed by atoms with Crippen LogP contribution in [0.3, 0.4) is 0 Å². The number of nitrogens with two attached hydrogens (primary N) is 1. The molecular weight excluding hydrogens is 202 g/mol. The Labute approximate surface area is 98.4 Å². The fraction of sp³-hybridized carbons (Fsp3) is 0.750. The van der Waals surface area contributed by atoms with E-state index in [-0.39, 0.29) is 11.9 Å². The monoisotopic (exact) mass is 225 g/mol. The highest BCUT2D eigenvalue weighted by Gasteiger charge is 2.10. The minimum Gasteiger partial charge on any atom is -0.356 e. The van der Waals surface area contributed by atoms with Crippen molar-refractivity contribution >= 4 is 5.91 Å². The van der Waals surface area contributed by atoms with E-state index < -0.39 is 0 Å². The molecule has 0 bridgehead atoms. The van der Waals surface area contributed by atoms with E-state index in [1.807, 2.05) is 13.8 Å². The lowest BCUT2D eigenvalue weighted by molar-refractivity contribution is -0.121. The number of hydrogen-bond acceptors (Lipinski definition) is 3. The van der Waals surface area contributed by atoms with E-state index in [4.69, 9.17) is 5.73 Å². The van der Waals surface area contributed by atoms with Crippen molar-refractivity contribution in [2.45, 2.75) is 39.2 Å². The molecule has 0 aromatic carbocycles. The number of nitrogens with one attached hydrogen (secondary N) is 2. The molecular formula is C12H23N3O. The SMILES string of the molecule is CC#CCCNC(CN)CC(=O)NCCC. The summed E-state index contributed by atoms with van der Waals surface area (Å²) in [7, 11) is 0. The lowest BCUT2D eigenvalue weighted by atomic mass is 10.2. The van der Waals surface area contributed by atoms with Crippen molar-refractivity contribution in [1.29, 1.82) is 0 Å². The fourth-order valence-electron chi connectivity index (χ4n) is 1.26. The summed E-state index contributed by atoms with van der Waals surface area (Å²) in [5, 5.41) is 6.06. The first kappa shape index (κ1) is 14.9. The molecule has 16 heavy (non-hydrogen) atoms. The molecule has 4 heteroatoms. The molecule has 0 aromatic heterocycles. The van der Waals surface area contributed by atoms with E-state index in [0.29, 0.717) is 13.0 Å². The van der Waals surface area contributed by atoms with Crippen LogP contribution in [-0.2, 0) is 4.79 Å². The Bertz CT molecular complexity index is 242. The van der Waals surface area contributed by atoms with Crippen LogP contribution in [0.2, 0.25) is 0 Å². The molecule has 0 aliphatic rings. The minimum absolute atomic E-state index is 0.0514. The third-order valence-electron chi connectivity index (χ3n) is 2.15. The Kier molecular flexibility index (Phi) is 9.78. The standard InChI is InChI=1S/C12H23N3O/c1-3-5-6-8-14-11(10-13)9-12(16)15-7-4-2/h11,14H,4,6-10,13H2,1-2H3,(H,15,16). The van der Waals surface area contributed by atoms with Crippen LogP contribution in [0.25, 0.3) is 0 Å². The molecule has 1 unspecified atom stereocenters. The van der Waals surface area contributed by atoms with Gasteiger partial charge in [-0.1, -0.05) is 6.92 Å². The van der Waals surface area contributed by atoms with Crippen molar-refractivity contribution in [3.8, 4) is 11.8 Å². The summed E-state index contributed by atoms with van der Waals surface area (Å²) >= 11 is 0. The normalized spacial score (nSPS) is 11.4. The topological polar surface area (TPSA) is 67.1 Å². The van der Waals surface area contributed by atoms with Gasteiger partial charge in [0, 0.05) is 38.5 Å². The van der Waals surface area contributed by atoms with Gasteiger partial charge in [0.1, 0.15) is 0 Å². The van der Waals surface area contributed by atoms with Crippen LogP contribution in [0, 0.1) is 11.8 Å². The molecule has 1 atom stereocenters. The third-order valence-corrected chi connectivity index (χ3v) is 2.15. The molecule has 4 N–H and O–H groups in total. The van der Waals surface area contributed by atoms with E-state index in [2.05, 4.69) is 22.5 Å². The second kappa shape index (κ2) is 10.5. The number of hydrogen-bond donors (Lipinski definition) is 3. The first-order chi connectivity index (χ1) is 7.74. The largest absolute Gasteiger partial charge is 0.356 e. The molecule has 0 saturated heterocycles. The molecule has 0 radical (unpaired) electrons. The van der Waals surface area contributed by atoms with Gasteiger partial charge in [0.05, 0.1) is 0 Å². The zero-order chi connectivity index (χ0) is 12.2. The van der Waals surface area contributed by atoms with Crippen molar-refractivity contribution in [3.63, 3.8) is 0 Å². The Morgan fingerprint density at radius 2 is 2.19 bits per heavy atom. The molecule has 0 aliphatic carbocycles. The van der Waals surface area contributed by atoms with Gasteiger partial charge in [0.2, 0.25) is 5.91 Å². The number of rotatable bonds is 8. The molecule has 0 fully saturated rings. The van der Waals surface area contributed by atoms with Crippen LogP contribution in [0.1, 0.15) is 33.1 Å². The van der Waals surface area contributed by atoms with Crippen LogP contribution in [0.5, 0.6) is 0 Å². The van der Waals surface area contributed by atoms with Gasteiger partial charge >= 0.3 is 0 Å². The average Bonchev–Trinajstić information content (AvgIpc) is 2.30. The highest BCUT2D eigenvalue weighted by Crippen LogP contribution is 1.90. The first-order valence-electron chi connectivity index (χ1n) is 5.84. The lowest BCUT2D eigenvalue weighted by Gasteiger charge is -2.15. The predicted octanol–water partition coefficient (Wildman–Crippen LogP) is 0.233. The van der Waals surface area contributed by atoms with Crippen LogP contribution in [0.4, 0.5) is 0 Å². The highest BCUT2D eigenvalue weighted by molar-refractivity contribution is 5.76. The van der Waals surface area contributed by atoms with Gasteiger partial charge in [0.15, 0.2) is 0 Å². The summed E-state index contributed by atoms with van der Waals surface area (Å²) in [4.78, 5) is 11.4. The van der Waals surface area contributed by atoms with Crippen LogP contribution in [0.15, 0.2) is 0 Å². The first-order valence-corrected chi connectivity index (χ1v) is 5.84. The molecule has 1 amide bonds. The zero-order valence-corrected chi connectivity index (χ0v) is 10.3. The summed E-state index contributed by atoms with van der Waals surface area (Å²) in [5.74, 6) is 5.85. The van der Waals surface area contributed by atoms with Crippen molar-refractivity contribution in [3.05, 3.63) is 0 Å². The quantitative estimate of drug-likeness (QED) is 0.409. The van der Waals surface area contributed by atoms with Crippen molar-refractivity contribution in [2.75, 3.05) is 19.6 Å². The van der Waals surface area contributed by atoms with Crippen LogP contribution >= 0.6 is 0 Å². The molecule has 0 spiro atoms. The maximum absolute atomic E-state index is 11.4. The molecule has 0 heterocycles. The Balaban J connectivity index is 3.71. The predicted molar refractivity (Wildman–Crippen MR) is 66.8 cm³/mol. The van der Waals surface area contributed by atoms with E-state index in [1.165, 1.54) is 0 Å². The second-order valence-electron chi connectivity index (χ2n) is 3.62.